The topological polar surface area (TPSA) is 54.4 Å². The third-order valence-electron chi connectivity index (χ3n) is 2.73. The van der Waals surface area contributed by atoms with E-state index in [1.807, 2.05) is 0 Å². The molecule has 2 aromatic carbocycles. The van der Waals surface area contributed by atoms with Crippen LogP contribution in [0.3, 0.4) is 0 Å². The van der Waals surface area contributed by atoms with E-state index < -0.39 is 28.4 Å². The minimum atomic E-state index is -1.72. The molecule has 0 aromatic heterocycles. The number of halogens is 3. The van der Waals surface area contributed by atoms with E-state index in [1.54, 1.807) is 0 Å². The first-order chi connectivity index (χ1) is 9.88. The highest BCUT2D eigenvalue weighted by atomic mass is 35.5. The van der Waals surface area contributed by atoms with E-state index >= 15 is 0 Å². The van der Waals surface area contributed by atoms with Crippen LogP contribution in [-0.4, -0.2) is 15.3 Å². The van der Waals surface area contributed by atoms with Crippen molar-refractivity contribution in [2.45, 2.75) is 10.6 Å². The Morgan fingerprint density at radius 1 is 1.19 bits per heavy atom. The van der Waals surface area contributed by atoms with Crippen molar-refractivity contribution in [3.05, 3.63) is 64.2 Å². The summed E-state index contributed by atoms with van der Waals surface area (Å²) >= 11 is 5.71. The van der Waals surface area contributed by atoms with Gasteiger partial charge in [0.05, 0.1) is 27.1 Å². The van der Waals surface area contributed by atoms with Crippen LogP contribution in [0.1, 0.15) is 15.9 Å². The average molecular weight is 331 g/mol. The minimum Gasteiger partial charge on any atom is -0.478 e. The molecule has 0 amide bonds. The van der Waals surface area contributed by atoms with Crippen molar-refractivity contribution in [3.63, 3.8) is 0 Å². The summed E-state index contributed by atoms with van der Waals surface area (Å²) in [6.45, 7) is 0. The second-order valence-electron chi connectivity index (χ2n) is 4.17. The van der Waals surface area contributed by atoms with Gasteiger partial charge in [0, 0.05) is 10.5 Å². The molecule has 0 fully saturated rings. The van der Waals surface area contributed by atoms with Crippen LogP contribution in [0.4, 0.5) is 8.78 Å². The Kier molecular flexibility index (Phi) is 4.69. The van der Waals surface area contributed by atoms with Gasteiger partial charge in [-0.3, -0.25) is 4.21 Å². The minimum absolute atomic E-state index is 0.0141. The lowest BCUT2D eigenvalue weighted by Gasteiger charge is -2.06. The van der Waals surface area contributed by atoms with Gasteiger partial charge in [-0.25, -0.2) is 13.6 Å². The third-order valence-corrected chi connectivity index (χ3v) is 4.41. The summed E-state index contributed by atoms with van der Waals surface area (Å²) < 4.78 is 38.7. The van der Waals surface area contributed by atoms with Crippen LogP contribution < -0.4 is 0 Å². The van der Waals surface area contributed by atoms with E-state index in [2.05, 4.69) is 0 Å². The fourth-order valence-corrected chi connectivity index (χ4v) is 3.03. The van der Waals surface area contributed by atoms with Gasteiger partial charge in [0.15, 0.2) is 0 Å². The molecule has 0 spiro atoms. The van der Waals surface area contributed by atoms with Gasteiger partial charge in [0.2, 0.25) is 0 Å². The molecule has 1 atom stereocenters. The van der Waals surface area contributed by atoms with E-state index in [0.29, 0.717) is 0 Å². The molecule has 2 rings (SSSR count). The Bertz CT molecular complexity index is 734. The number of aromatic carboxylic acids is 1. The van der Waals surface area contributed by atoms with Crippen molar-refractivity contribution in [1.82, 2.24) is 0 Å². The first kappa shape index (κ1) is 15.6. The second kappa shape index (κ2) is 6.32. The number of carboxylic acid groups (broad SMARTS) is 1. The third kappa shape index (κ3) is 3.65. The first-order valence-corrected chi connectivity index (χ1v) is 7.43. The van der Waals surface area contributed by atoms with Gasteiger partial charge in [-0.1, -0.05) is 11.6 Å². The van der Waals surface area contributed by atoms with Crippen LogP contribution in [0.2, 0.25) is 5.02 Å². The molecular formula is C14H9ClF2O3S. The lowest BCUT2D eigenvalue weighted by Crippen LogP contribution is -2.03. The fraction of sp³-hybridized carbons (Fsp3) is 0.0714. The number of hydrogen-bond acceptors (Lipinski definition) is 2. The SMILES string of the molecule is O=C(O)c1cc(S(=O)Cc2cc(F)ccc2F)ccc1Cl. The zero-order valence-electron chi connectivity index (χ0n) is 10.5. The molecule has 0 bridgehead atoms. The van der Waals surface area contributed by atoms with Crippen molar-refractivity contribution in [2.75, 3.05) is 0 Å². The molecule has 0 heterocycles. The molecule has 0 aliphatic carbocycles. The number of carboxylic acids is 1. The molecule has 0 aliphatic rings. The summed E-state index contributed by atoms with van der Waals surface area (Å²) in [5.74, 6) is -2.82. The standard InChI is InChI=1S/C14H9ClF2O3S/c15-12-3-2-10(6-11(12)14(18)19)21(20)7-8-5-9(16)1-4-13(8)17/h1-6H,7H2,(H,18,19). The van der Waals surface area contributed by atoms with Crippen LogP contribution in [0.15, 0.2) is 41.3 Å². The molecular weight excluding hydrogens is 322 g/mol. The van der Waals surface area contributed by atoms with Gasteiger partial charge in [0.25, 0.3) is 0 Å². The lowest BCUT2D eigenvalue weighted by molar-refractivity contribution is 0.0697. The Labute approximate surface area is 126 Å². The van der Waals surface area contributed by atoms with Gasteiger partial charge in [0.1, 0.15) is 11.6 Å². The summed E-state index contributed by atoms with van der Waals surface area (Å²) in [5.41, 5.74) is -0.234. The number of carbonyl (C=O) groups is 1. The first-order valence-electron chi connectivity index (χ1n) is 5.73. The monoisotopic (exact) mass is 330 g/mol. The Balaban J connectivity index is 2.30. The number of hydrogen-bond donors (Lipinski definition) is 1. The second-order valence-corrected chi connectivity index (χ2v) is 6.03. The molecule has 0 aliphatic heterocycles. The van der Waals surface area contributed by atoms with Gasteiger partial charge in [-0.2, -0.15) is 0 Å². The average Bonchev–Trinajstić information content (AvgIpc) is 2.43. The van der Waals surface area contributed by atoms with E-state index in [0.717, 1.165) is 24.3 Å². The van der Waals surface area contributed by atoms with E-state index in [9.17, 15) is 17.8 Å². The molecule has 2 aromatic rings. The fourth-order valence-electron chi connectivity index (χ4n) is 1.69. The maximum Gasteiger partial charge on any atom is 0.337 e. The Hall–Kier alpha value is -1.79. The summed E-state index contributed by atoms with van der Waals surface area (Å²) in [6.07, 6.45) is 0. The number of benzene rings is 2. The van der Waals surface area contributed by atoms with Crippen LogP contribution in [0.5, 0.6) is 0 Å². The van der Waals surface area contributed by atoms with Crippen molar-refractivity contribution < 1.29 is 22.9 Å². The smallest absolute Gasteiger partial charge is 0.337 e. The van der Waals surface area contributed by atoms with E-state index in [1.165, 1.54) is 12.1 Å². The molecule has 0 radical (unpaired) electrons. The lowest BCUT2D eigenvalue weighted by atomic mass is 10.2. The molecule has 0 saturated heterocycles. The molecule has 110 valence electrons. The summed E-state index contributed by atoms with van der Waals surface area (Å²) in [6, 6.07) is 6.74. The summed E-state index contributed by atoms with van der Waals surface area (Å²) in [4.78, 5) is 11.1. The summed E-state index contributed by atoms with van der Waals surface area (Å²) in [5, 5.41) is 8.96. The van der Waals surface area contributed by atoms with Crippen molar-refractivity contribution in [1.29, 1.82) is 0 Å². The van der Waals surface area contributed by atoms with Gasteiger partial charge in [-0.05, 0) is 36.4 Å². The van der Waals surface area contributed by atoms with Crippen molar-refractivity contribution in [3.8, 4) is 0 Å². The quantitative estimate of drug-likeness (QED) is 0.931. The molecule has 3 nitrogen and oxygen atoms in total. The normalized spacial score (nSPS) is 12.1. The predicted molar refractivity (Wildman–Crippen MR) is 74.9 cm³/mol. The van der Waals surface area contributed by atoms with Crippen molar-refractivity contribution >= 4 is 28.4 Å². The van der Waals surface area contributed by atoms with E-state index in [4.69, 9.17) is 16.7 Å². The highest BCUT2D eigenvalue weighted by Crippen LogP contribution is 2.22. The van der Waals surface area contributed by atoms with Gasteiger partial charge < -0.3 is 5.11 Å². The van der Waals surface area contributed by atoms with Gasteiger partial charge >= 0.3 is 5.97 Å². The maximum atomic E-state index is 13.5. The van der Waals surface area contributed by atoms with Crippen molar-refractivity contribution in [2.24, 2.45) is 0 Å². The Morgan fingerprint density at radius 3 is 2.57 bits per heavy atom. The van der Waals surface area contributed by atoms with Gasteiger partial charge in [-0.15, -0.1) is 0 Å². The summed E-state index contributed by atoms with van der Waals surface area (Å²) in [7, 11) is -1.72. The zero-order valence-corrected chi connectivity index (χ0v) is 12.0. The number of rotatable bonds is 4. The largest absolute Gasteiger partial charge is 0.478 e. The highest BCUT2D eigenvalue weighted by molar-refractivity contribution is 7.84. The molecule has 0 saturated carbocycles. The van der Waals surface area contributed by atoms with Crippen LogP contribution in [0, 0.1) is 11.6 Å². The molecule has 21 heavy (non-hydrogen) atoms. The predicted octanol–water partition coefficient (Wildman–Crippen LogP) is 3.62. The van der Waals surface area contributed by atoms with Crippen LogP contribution in [-0.2, 0) is 16.6 Å². The maximum absolute atomic E-state index is 13.5. The highest BCUT2D eigenvalue weighted by Gasteiger charge is 2.14. The molecule has 1 unspecified atom stereocenters. The van der Waals surface area contributed by atoms with E-state index in [-0.39, 0.29) is 26.8 Å². The van der Waals surface area contributed by atoms with Crippen LogP contribution in [0.25, 0.3) is 0 Å². The zero-order chi connectivity index (χ0) is 15.6. The van der Waals surface area contributed by atoms with Crippen LogP contribution >= 0.6 is 11.6 Å². The molecule has 1 N–H and O–H groups in total. The molecule has 7 heteroatoms. The Morgan fingerprint density at radius 2 is 1.90 bits per heavy atom.